The zero-order chi connectivity index (χ0) is 22.1. The van der Waals surface area contributed by atoms with Gasteiger partial charge in [-0.1, -0.05) is 0 Å². The Kier molecular flexibility index (Phi) is 5.15. The summed E-state index contributed by atoms with van der Waals surface area (Å²) in [5.74, 6) is -1.10. The Morgan fingerprint density at radius 2 is 1.71 bits per heavy atom. The first-order valence-corrected chi connectivity index (χ1v) is 9.31. The zero-order valence-corrected chi connectivity index (χ0v) is 17.0. The number of hydrogen-bond donors (Lipinski definition) is 1. The van der Waals surface area contributed by atoms with E-state index in [1.54, 1.807) is 13.0 Å². The predicted octanol–water partition coefficient (Wildman–Crippen LogP) is 2.18. The van der Waals surface area contributed by atoms with E-state index in [0.717, 1.165) is 16.1 Å². The van der Waals surface area contributed by atoms with Gasteiger partial charge in [0.2, 0.25) is 11.8 Å². The summed E-state index contributed by atoms with van der Waals surface area (Å²) in [6.07, 6.45) is 0. The molecule has 11 heteroatoms. The van der Waals surface area contributed by atoms with Crippen LogP contribution in [-0.4, -0.2) is 35.4 Å². The standard InChI is InChI=1S/C20H18FN7O3/c1-11-8-12(2)23-19(22-11)28-16(9-13(3)25-28)24-17(29)10-27-20(30)31-18(26-27)14-4-6-15(21)7-5-14/h4-9H,10H2,1-3H3,(H,24,29). The molecule has 0 bridgehead atoms. The first-order chi connectivity index (χ1) is 14.8. The van der Waals surface area contributed by atoms with Crippen LogP contribution in [0.3, 0.4) is 0 Å². The molecule has 10 nitrogen and oxygen atoms in total. The topological polar surface area (TPSA) is 121 Å². The van der Waals surface area contributed by atoms with E-state index in [1.807, 2.05) is 19.9 Å². The number of aromatic nitrogens is 6. The second kappa shape index (κ2) is 7.94. The molecule has 0 unspecified atom stereocenters. The molecule has 0 saturated carbocycles. The number of carbonyl (C=O) groups is 1. The number of rotatable bonds is 5. The molecule has 3 aromatic heterocycles. The van der Waals surface area contributed by atoms with E-state index in [-0.39, 0.29) is 12.4 Å². The molecule has 0 fully saturated rings. The van der Waals surface area contributed by atoms with Crippen LogP contribution in [-0.2, 0) is 11.3 Å². The minimum Gasteiger partial charge on any atom is -0.388 e. The van der Waals surface area contributed by atoms with Crippen molar-refractivity contribution in [2.24, 2.45) is 0 Å². The first kappa shape index (κ1) is 20.1. The summed E-state index contributed by atoms with van der Waals surface area (Å²) in [6.45, 7) is 5.05. The van der Waals surface area contributed by atoms with Crippen LogP contribution >= 0.6 is 0 Å². The number of hydrogen-bond acceptors (Lipinski definition) is 7. The van der Waals surface area contributed by atoms with Crippen LogP contribution in [0.15, 0.2) is 45.6 Å². The lowest BCUT2D eigenvalue weighted by atomic mass is 10.2. The Bertz CT molecular complexity index is 1300. The van der Waals surface area contributed by atoms with Crippen LogP contribution in [0.2, 0.25) is 0 Å². The van der Waals surface area contributed by atoms with Crippen LogP contribution in [0.25, 0.3) is 17.4 Å². The summed E-state index contributed by atoms with van der Waals surface area (Å²) in [7, 11) is 0. The monoisotopic (exact) mass is 423 g/mol. The van der Waals surface area contributed by atoms with Crippen LogP contribution in [0, 0.1) is 26.6 Å². The first-order valence-electron chi connectivity index (χ1n) is 9.31. The third-order valence-corrected chi connectivity index (χ3v) is 4.25. The van der Waals surface area contributed by atoms with Gasteiger partial charge in [-0.25, -0.2) is 19.2 Å². The quantitative estimate of drug-likeness (QED) is 0.522. The minimum atomic E-state index is -0.809. The highest BCUT2D eigenvalue weighted by molar-refractivity contribution is 5.89. The maximum Gasteiger partial charge on any atom is 0.437 e. The van der Waals surface area contributed by atoms with Gasteiger partial charge in [0.05, 0.1) is 5.69 Å². The average molecular weight is 423 g/mol. The van der Waals surface area contributed by atoms with Crippen molar-refractivity contribution in [2.75, 3.05) is 5.32 Å². The lowest BCUT2D eigenvalue weighted by Gasteiger charge is -2.08. The highest BCUT2D eigenvalue weighted by Crippen LogP contribution is 2.17. The number of halogens is 1. The van der Waals surface area contributed by atoms with Gasteiger partial charge in [0.25, 0.3) is 5.95 Å². The van der Waals surface area contributed by atoms with Crippen molar-refractivity contribution in [3.8, 4) is 17.4 Å². The molecule has 0 radical (unpaired) electrons. The number of anilines is 1. The molecule has 1 N–H and O–H groups in total. The van der Waals surface area contributed by atoms with E-state index >= 15 is 0 Å². The van der Waals surface area contributed by atoms with Gasteiger partial charge in [-0.3, -0.25) is 4.79 Å². The Morgan fingerprint density at radius 1 is 1.03 bits per heavy atom. The number of carbonyl (C=O) groups excluding carboxylic acids is 1. The lowest BCUT2D eigenvalue weighted by Crippen LogP contribution is -2.26. The molecule has 0 atom stereocenters. The SMILES string of the molecule is Cc1cc(C)nc(-n2nc(C)cc2NC(=O)Cn2nc(-c3ccc(F)cc3)oc2=O)n1. The van der Waals surface area contributed by atoms with Gasteiger partial charge >= 0.3 is 5.76 Å². The fourth-order valence-corrected chi connectivity index (χ4v) is 2.98. The number of aryl methyl sites for hydroxylation is 3. The molecule has 3 heterocycles. The van der Waals surface area contributed by atoms with Crippen molar-refractivity contribution in [3.05, 3.63) is 69.8 Å². The van der Waals surface area contributed by atoms with Crippen molar-refractivity contribution >= 4 is 11.7 Å². The van der Waals surface area contributed by atoms with Crippen molar-refractivity contribution < 1.29 is 13.6 Å². The van der Waals surface area contributed by atoms with E-state index in [0.29, 0.717) is 23.0 Å². The lowest BCUT2D eigenvalue weighted by molar-refractivity contribution is -0.117. The van der Waals surface area contributed by atoms with E-state index in [9.17, 15) is 14.0 Å². The number of amides is 1. The van der Waals surface area contributed by atoms with Crippen molar-refractivity contribution in [3.63, 3.8) is 0 Å². The van der Waals surface area contributed by atoms with Gasteiger partial charge in [-0.15, -0.1) is 5.10 Å². The average Bonchev–Trinajstić information content (AvgIpc) is 3.24. The van der Waals surface area contributed by atoms with Crippen LogP contribution in [0.4, 0.5) is 10.2 Å². The second-order valence-electron chi connectivity index (χ2n) is 6.92. The Labute approximate surface area is 175 Å². The van der Waals surface area contributed by atoms with Gasteiger partial charge in [0.1, 0.15) is 18.2 Å². The van der Waals surface area contributed by atoms with Gasteiger partial charge in [-0.05, 0) is 51.1 Å². The van der Waals surface area contributed by atoms with Crippen LogP contribution < -0.4 is 11.1 Å². The van der Waals surface area contributed by atoms with Crippen molar-refractivity contribution in [2.45, 2.75) is 27.3 Å². The maximum atomic E-state index is 13.1. The highest BCUT2D eigenvalue weighted by Gasteiger charge is 2.17. The molecule has 1 amide bonds. The van der Waals surface area contributed by atoms with Crippen LogP contribution in [0.5, 0.6) is 0 Å². The summed E-state index contributed by atoms with van der Waals surface area (Å²) in [4.78, 5) is 33.4. The Morgan fingerprint density at radius 3 is 2.39 bits per heavy atom. The van der Waals surface area contributed by atoms with Crippen LogP contribution in [0.1, 0.15) is 17.1 Å². The summed E-state index contributed by atoms with van der Waals surface area (Å²) in [5, 5.41) is 11.0. The number of nitrogens with zero attached hydrogens (tertiary/aromatic N) is 6. The molecule has 0 aliphatic carbocycles. The predicted molar refractivity (Wildman–Crippen MR) is 108 cm³/mol. The summed E-state index contributed by atoms with van der Waals surface area (Å²) >= 11 is 0. The van der Waals surface area contributed by atoms with Gasteiger partial charge in [0.15, 0.2) is 0 Å². The van der Waals surface area contributed by atoms with E-state index in [1.165, 1.54) is 28.9 Å². The largest absolute Gasteiger partial charge is 0.437 e. The number of benzene rings is 1. The molecule has 0 spiro atoms. The molecular weight excluding hydrogens is 405 g/mol. The van der Waals surface area contributed by atoms with Crippen molar-refractivity contribution in [1.29, 1.82) is 0 Å². The summed E-state index contributed by atoms with van der Waals surface area (Å²) in [6, 6.07) is 8.79. The third kappa shape index (κ3) is 4.39. The highest BCUT2D eigenvalue weighted by atomic mass is 19.1. The zero-order valence-electron chi connectivity index (χ0n) is 17.0. The van der Waals surface area contributed by atoms with Gasteiger partial charge < -0.3 is 9.73 Å². The number of nitrogens with one attached hydrogen (secondary N) is 1. The molecule has 1 aromatic carbocycles. The van der Waals surface area contributed by atoms with E-state index in [2.05, 4.69) is 25.5 Å². The molecule has 4 aromatic rings. The summed E-state index contributed by atoms with van der Waals surface area (Å²) in [5.41, 5.74) is 2.58. The van der Waals surface area contributed by atoms with E-state index < -0.39 is 17.5 Å². The molecule has 31 heavy (non-hydrogen) atoms. The molecule has 0 aliphatic rings. The second-order valence-corrected chi connectivity index (χ2v) is 6.92. The Balaban J connectivity index is 1.55. The third-order valence-electron chi connectivity index (χ3n) is 4.25. The minimum absolute atomic E-state index is 0.0117. The molecular formula is C20H18FN7O3. The molecule has 0 saturated heterocycles. The van der Waals surface area contributed by atoms with Crippen molar-refractivity contribution in [1.82, 2.24) is 29.5 Å². The normalized spacial score (nSPS) is 11.0. The smallest absolute Gasteiger partial charge is 0.388 e. The maximum absolute atomic E-state index is 13.1. The van der Waals surface area contributed by atoms with Gasteiger partial charge in [0, 0.05) is 23.0 Å². The fraction of sp³-hybridized carbons (Fsp3) is 0.200. The Hall–Kier alpha value is -4.15. The fourth-order valence-electron chi connectivity index (χ4n) is 2.98. The molecule has 4 rings (SSSR count). The van der Waals surface area contributed by atoms with E-state index in [4.69, 9.17) is 4.42 Å². The summed E-state index contributed by atoms with van der Waals surface area (Å²) < 4.78 is 20.5. The molecule has 158 valence electrons. The molecule has 0 aliphatic heterocycles. The van der Waals surface area contributed by atoms with Gasteiger partial charge in [-0.2, -0.15) is 14.5 Å².